The molecule has 1 aromatic carbocycles. The van der Waals surface area contributed by atoms with Gasteiger partial charge >= 0.3 is 0 Å². The zero-order valence-corrected chi connectivity index (χ0v) is 12.9. The first kappa shape index (κ1) is 13.3. The van der Waals surface area contributed by atoms with Crippen LogP contribution < -0.4 is 5.32 Å². The van der Waals surface area contributed by atoms with Gasteiger partial charge in [0.05, 0.1) is 12.1 Å². The molecule has 0 bridgehead atoms. The van der Waals surface area contributed by atoms with Crippen LogP contribution in [0.5, 0.6) is 0 Å². The average molecular weight is 347 g/mol. The van der Waals surface area contributed by atoms with E-state index in [0.29, 0.717) is 12.1 Å². The number of aromatic nitrogens is 1. The number of nitrogens with one attached hydrogen (secondary N) is 1. The smallest absolute Gasteiger partial charge is 0.252 e. The molecule has 0 radical (unpaired) electrons. The highest BCUT2D eigenvalue weighted by Crippen LogP contribution is 2.20. The Morgan fingerprint density at radius 3 is 3.00 bits per heavy atom. The van der Waals surface area contributed by atoms with Gasteiger partial charge in [-0.2, -0.15) is 0 Å². The molecule has 3 nitrogen and oxygen atoms in total. The van der Waals surface area contributed by atoms with E-state index in [0.717, 1.165) is 20.3 Å². The van der Waals surface area contributed by atoms with E-state index in [1.54, 1.807) is 17.5 Å². The lowest BCUT2D eigenvalue weighted by Gasteiger charge is -2.06. The molecule has 1 N–H and O–H groups in total. The minimum absolute atomic E-state index is 0.0758. The average Bonchev–Trinajstić information content (AvgIpc) is 2.90. The fourth-order valence-electron chi connectivity index (χ4n) is 2.01. The van der Waals surface area contributed by atoms with Gasteiger partial charge in [0, 0.05) is 31.9 Å². The van der Waals surface area contributed by atoms with Gasteiger partial charge in [0.25, 0.3) is 5.91 Å². The first-order chi connectivity index (χ1) is 9.74. The maximum absolute atomic E-state index is 12.3. The minimum Gasteiger partial charge on any atom is -0.347 e. The summed E-state index contributed by atoms with van der Waals surface area (Å²) < 4.78 is 1.04. The highest BCUT2D eigenvalue weighted by atomic mass is 79.9. The predicted octanol–water partition coefficient (Wildman–Crippen LogP) is 3.99. The third-order valence-corrected chi connectivity index (χ3v) is 4.63. The van der Waals surface area contributed by atoms with Crippen LogP contribution in [0.3, 0.4) is 0 Å². The summed E-state index contributed by atoms with van der Waals surface area (Å²) in [7, 11) is 0. The molecule has 0 atom stereocenters. The van der Waals surface area contributed by atoms with Crippen molar-refractivity contribution < 1.29 is 4.79 Å². The summed E-state index contributed by atoms with van der Waals surface area (Å²) in [5.74, 6) is -0.0758. The van der Waals surface area contributed by atoms with Crippen LogP contribution in [0.4, 0.5) is 0 Å². The molecule has 0 aliphatic carbocycles. The summed E-state index contributed by atoms with van der Waals surface area (Å²) in [6, 6.07) is 11.3. The van der Waals surface area contributed by atoms with Gasteiger partial charge in [-0.15, -0.1) is 11.3 Å². The minimum atomic E-state index is -0.0758. The van der Waals surface area contributed by atoms with Crippen LogP contribution >= 0.6 is 27.3 Å². The Hall–Kier alpha value is -1.72. The standard InChI is InChI=1S/C15H11BrN2OS/c16-10-7-11(20-9-10)8-18-15(19)13-3-1-5-14-12(13)4-2-6-17-14/h1-7,9H,8H2,(H,18,19). The molecule has 100 valence electrons. The number of amides is 1. The molecule has 3 aromatic rings. The molecule has 2 aromatic heterocycles. The molecule has 0 saturated heterocycles. The highest BCUT2D eigenvalue weighted by Gasteiger charge is 2.10. The van der Waals surface area contributed by atoms with Crippen LogP contribution in [-0.4, -0.2) is 10.9 Å². The van der Waals surface area contributed by atoms with Crippen molar-refractivity contribution in [1.29, 1.82) is 0 Å². The molecule has 0 unspecified atom stereocenters. The SMILES string of the molecule is O=C(NCc1cc(Br)cs1)c1cccc2ncccc12. The summed E-state index contributed by atoms with van der Waals surface area (Å²) >= 11 is 5.02. The molecule has 1 amide bonds. The van der Waals surface area contributed by atoms with Gasteiger partial charge in [-0.3, -0.25) is 9.78 Å². The first-order valence-corrected chi connectivity index (χ1v) is 7.76. The molecule has 3 rings (SSSR count). The maximum Gasteiger partial charge on any atom is 0.252 e. The monoisotopic (exact) mass is 346 g/mol. The van der Waals surface area contributed by atoms with E-state index >= 15 is 0 Å². The van der Waals surface area contributed by atoms with Crippen molar-refractivity contribution in [3.8, 4) is 0 Å². The van der Waals surface area contributed by atoms with Crippen molar-refractivity contribution in [3.63, 3.8) is 0 Å². The van der Waals surface area contributed by atoms with Crippen molar-refractivity contribution in [2.45, 2.75) is 6.54 Å². The number of carbonyl (C=O) groups excluding carboxylic acids is 1. The van der Waals surface area contributed by atoms with E-state index in [1.165, 1.54) is 0 Å². The summed E-state index contributed by atoms with van der Waals surface area (Å²) in [6.45, 7) is 0.533. The predicted molar refractivity (Wildman–Crippen MR) is 84.9 cm³/mol. The van der Waals surface area contributed by atoms with Crippen molar-refractivity contribution in [2.75, 3.05) is 0 Å². The number of hydrogen-bond donors (Lipinski definition) is 1. The lowest BCUT2D eigenvalue weighted by atomic mass is 10.1. The molecule has 0 fully saturated rings. The Kier molecular flexibility index (Phi) is 3.80. The Morgan fingerprint density at radius 1 is 1.30 bits per heavy atom. The normalized spacial score (nSPS) is 10.7. The third kappa shape index (κ3) is 2.73. The summed E-state index contributed by atoms with van der Waals surface area (Å²) in [5, 5.41) is 5.82. The van der Waals surface area contributed by atoms with Gasteiger partial charge < -0.3 is 5.32 Å². The highest BCUT2D eigenvalue weighted by molar-refractivity contribution is 9.10. The van der Waals surface area contributed by atoms with Crippen molar-refractivity contribution >= 4 is 44.1 Å². The lowest BCUT2D eigenvalue weighted by Crippen LogP contribution is -2.22. The summed E-state index contributed by atoms with van der Waals surface area (Å²) in [6.07, 6.45) is 1.73. The topological polar surface area (TPSA) is 42.0 Å². The Labute approximate surface area is 128 Å². The third-order valence-electron chi connectivity index (χ3n) is 2.94. The van der Waals surface area contributed by atoms with Gasteiger partial charge in [-0.1, -0.05) is 12.1 Å². The van der Waals surface area contributed by atoms with Crippen LogP contribution in [0, 0.1) is 0 Å². The van der Waals surface area contributed by atoms with Crippen molar-refractivity contribution in [1.82, 2.24) is 10.3 Å². The van der Waals surface area contributed by atoms with Gasteiger partial charge in [-0.25, -0.2) is 0 Å². The van der Waals surface area contributed by atoms with Gasteiger partial charge in [0.2, 0.25) is 0 Å². The Morgan fingerprint density at radius 2 is 2.20 bits per heavy atom. The second kappa shape index (κ2) is 5.73. The number of hydrogen-bond acceptors (Lipinski definition) is 3. The number of carbonyl (C=O) groups is 1. The fraction of sp³-hybridized carbons (Fsp3) is 0.0667. The van der Waals surface area contributed by atoms with Gasteiger partial charge in [-0.05, 0) is 40.2 Å². The zero-order chi connectivity index (χ0) is 13.9. The number of nitrogens with zero attached hydrogens (tertiary/aromatic N) is 1. The molecule has 0 aliphatic heterocycles. The van der Waals surface area contributed by atoms with E-state index in [-0.39, 0.29) is 5.91 Å². The molecule has 0 aliphatic rings. The van der Waals surface area contributed by atoms with E-state index in [9.17, 15) is 4.79 Å². The first-order valence-electron chi connectivity index (χ1n) is 6.09. The second-order valence-electron chi connectivity index (χ2n) is 4.29. The van der Waals surface area contributed by atoms with Gasteiger partial charge in [0.1, 0.15) is 0 Å². The summed E-state index contributed by atoms with van der Waals surface area (Å²) in [5.41, 5.74) is 1.49. The molecule has 0 spiro atoms. The number of rotatable bonds is 3. The molecule has 20 heavy (non-hydrogen) atoms. The number of fused-ring (bicyclic) bond motifs is 1. The fourth-order valence-corrected chi connectivity index (χ4v) is 3.40. The van der Waals surface area contributed by atoms with E-state index in [2.05, 4.69) is 26.2 Å². The van der Waals surface area contributed by atoms with Gasteiger partial charge in [0.15, 0.2) is 0 Å². The molecule has 5 heteroatoms. The molecular formula is C15H11BrN2OS. The number of thiophene rings is 1. The lowest BCUT2D eigenvalue weighted by molar-refractivity contribution is 0.0953. The molecular weight excluding hydrogens is 336 g/mol. The van der Waals surface area contributed by atoms with Crippen LogP contribution in [0.25, 0.3) is 10.9 Å². The van der Waals surface area contributed by atoms with E-state index in [4.69, 9.17) is 0 Å². The maximum atomic E-state index is 12.3. The number of halogens is 1. The van der Waals surface area contributed by atoms with Crippen molar-refractivity contribution in [3.05, 3.63) is 62.9 Å². The Bertz CT molecular complexity index is 764. The largest absolute Gasteiger partial charge is 0.347 e. The van der Waals surface area contributed by atoms with Crippen LogP contribution in [0.2, 0.25) is 0 Å². The quantitative estimate of drug-likeness (QED) is 0.778. The second-order valence-corrected chi connectivity index (χ2v) is 6.20. The van der Waals surface area contributed by atoms with Crippen LogP contribution in [0.15, 0.2) is 52.4 Å². The van der Waals surface area contributed by atoms with Crippen LogP contribution in [0.1, 0.15) is 15.2 Å². The Balaban J connectivity index is 1.82. The van der Waals surface area contributed by atoms with E-state index in [1.807, 2.05) is 41.8 Å². The number of benzene rings is 1. The van der Waals surface area contributed by atoms with Crippen molar-refractivity contribution in [2.24, 2.45) is 0 Å². The van der Waals surface area contributed by atoms with E-state index < -0.39 is 0 Å². The zero-order valence-electron chi connectivity index (χ0n) is 10.5. The number of pyridine rings is 1. The van der Waals surface area contributed by atoms with Crippen LogP contribution in [-0.2, 0) is 6.54 Å². The molecule has 2 heterocycles. The summed E-state index contributed by atoms with van der Waals surface area (Å²) in [4.78, 5) is 17.7. The molecule has 0 saturated carbocycles.